The van der Waals surface area contributed by atoms with E-state index in [0.29, 0.717) is 17.4 Å². The third kappa shape index (κ3) is 3.58. The minimum absolute atomic E-state index is 0.304. The first-order chi connectivity index (χ1) is 9.41. The molecule has 0 bridgehead atoms. The highest BCUT2D eigenvalue weighted by atomic mass is 15.3. The van der Waals surface area contributed by atoms with Crippen molar-refractivity contribution in [2.24, 2.45) is 30.1 Å². The standard InChI is InChI=1S/C15H29N5/c1-15(2,3)12-7-5-11(6-8-12)13(19-16)9-14-17-10-18-20(14)4/h10-13,19H,5-9,16H2,1-4H3. The number of nitrogens with one attached hydrogen (secondary N) is 1. The Morgan fingerprint density at radius 1 is 1.35 bits per heavy atom. The lowest BCUT2D eigenvalue weighted by Crippen LogP contribution is -2.44. The van der Waals surface area contributed by atoms with E-state index < -0.39 is 0 Å². The van der Waals surface area contributed by atoms with Gasteiger partial charge in [-0.25, -0.2) is 4.98 Å². The first kappa shape index (κ1) is 15.4. The van der Waals surface area contributed by atoms with Crippen molar-refractivity contribution in [2.75, 3.05) is 0 Å². The maximum atomic E-state index is 5.78. The molecule has 114 valence electrons. The zero-order valence-corrected chi connectivity index (χ0v) is 13.3. The van der Waals surface area contributed by atoms with Crippen LogP contribution in [0.5, 0.6) is 0 Å². The molecule has 3 N–H and O–H groups in total. The first-order valence-electron chi connectivity index (χ1n) is 7.70. The Morgan fingerprint density at radius 2 is 2.00 bits per heavy atom. The molecule has 1 aliphatic carbocycles. The molecular weight excluding hydrogens is 250 g/mol. The molecule has 1 fully saturated rings. The summed E-state index contributed by atoms with van der Waals surface area (Å²) in [6.07, 6.45) is 7.61. The summed E-state index contributed by atoms with van der Waals surface area (Å²) in [5, 5.41) is 4.13. The highest BCUT2D eigenvalue weighted by Crippen LogP contribution is 2.40. The van der Waals surface area contributed by atoms with Crippen LogP contribution in [0, 0.1) is 17.3 Å². The van der Waals surface area contributed by atoms with Crippen LogP contribution in [0.15, 0.2) is 6.33 Å². The number of hydrazine groups is 1. The fourth-order valence-corrected chi connectivity index (χ4v) is 3.45. The van der Waals surface area contributed by atoms with Crippen LogP contribution >= 0.6 is 0 Å². The highest BCUT2D eigenvalue weighted by Gasteiger charge is 2.32. The molecule has 20 heavy (non-hydrogen) atoms. The highest BCUT2D eigenvalue weighted by molar-refractivity contribution is 4.93. The summed E-state index contributed by atoms with van der Waals surface area (Å²) in [5.41, 5.74) is 3.44. The predicted molar refractivity (Wildman–Crippen MR) is 80.7 cm³/mol. The van der Waals surface area contributed by atoms with Crippen molar-refractivity contribution in [2.45, 2.75) is 58.9 Å². The van der Waals surface area contributed by atoms with Gasteiger partial charge in [-0.15, -0.1) is 0 Å². The summed E-state index contributed by atoms with van der Waals surface area (Å²) in [5.74, 6) is 8.28. The van der Waals surface area contributed by atoms with Crippen LogP contribution in [-0.2, 0) is 13.5 Å². The van der Waals surface area contributed by atoms with Gasteiger partial charge in [0.2, 0.25) is 0 Å². The Balaban J connectivity index is 1.92. The molecule has 5 heteroatoms. The Bertz CT molecular complexity index is 412. The Morgan fingerprint density at radius 3 is 2.45 bits per heavy atom. The van der Waals surface area contributed by atoms with E-state index in [1.165, 1.54) is 25.7 Å². The third-order valence-electron chi connectivity index (χ3n) is 4.99. The molecule has 1 aromatic rings. The molecule has 5 nitrogen and oxygen atoms in total. The molecule has 1 aliphatic rings. The maximum Gasteiger partial charge on any atom is 0.138 e. The van der Waals surface area contributed by atoms with Crippen LogP contribution in [0.2, 0.25) is 0 Å². The van der Waals surface area contributed by atoms with Crippen LogP contribution in [0.1, 0.15) is 52.3 Å². The number of aromatic nitrogens is 3. The van der Waals surface area contributed by atoms with Gasteiger partial charge in [-0.05, 0) is 42.9 Å². The molecular formula is C15H29N5. The minimum atomic E-state index is 0.304. The van der Waals surface area contributed by atoms with Crippen LogP contribution in [-0.4, -0.2) is 20.8 Å². The molecule has 1 saturated carbocycles. The third-order valence-corrected chi connectivity index (χ3v) is 4.99. The predicted octanol–water partition coefficient (Wildman–Crippen LogP) is 2.04. The molecule has 1 atom stereocenters. The summed E-state index contributed by atoms with van der Waals surface area (Å²) < 4.78 is 1.84. The topological polar surface area (TPSA) is 68.8 Å². The van der Waals surface area contributed by atoms with E-state index in [0.717, 1.165) is 18.2 Å². The van der Waals surface area contributed by atoms with E-state index in [-0.39, 0.29) is 0 Å². The second-order valence-corrected chi connectivity index (χ2v) is 7.25. The van der Waals surface area contributed by atoms with E-state index in [9.17, 15) is 0 Å². The van der Waals surface area contributed by atoms with Crippen molar-refractivity contribution in [1.82, 2.24) is 20.2 Å². The lowest BCUT2D eigenvalue weighted by molar-refractivity contribution is 0.131. The van der Waals surface area contributed by atoms with Gasteiger partial charge in [0.1, 0.15) is 12.2 Å². The van der Waals surface area contributed by atoms with Crippen molar-refractivity contribution in [3.8, 4) is 0 Å². The normalized spacial score (nSPS) is 25.6. The smallest absolute Gasteiger partial charge is 0.138 e. The van der Waals surface area contributed by atoms with E-state index in [4.69, 9.17) is 5.84 Å². The van der Waals surface area contributed by atoms with Gasteiger partial charge < -0.3 is 0 Å². The average Bonchev–Trinajstić information content (AvgIpc) is 2.80. The van der Waals surface area contributed by atoms with Crippen LogP contribution in [0.3, 0.4) is 0 Å². The molecule has 0 spiro atoms. The van der Waals surface area contributed by atoms with Crippen molar-refractivity contribution in [3.63, 3.8) is 0 Å². The van der Waals surface area contributed by atoms with E-state index in [1.807, 2.05) is 11.7 Å². The van der Waals surface area contributed by atoms with Crippen molar-refractivity contribution >= 4 is 0 Å². The van der Waals surface area contributed by atoms with Crippen LogP contribution in [0.25, 0.3) is 0 Å². The summed E-state index contributed by atoms with van der Waals surface area (Å²) in [4.78, 5) is 4.31. The Hall–Kier alpha value is -0.940. The van der Waals surface area contributed by atoms with Crippen molar-refractivity contribution in [3.05, 3.63) is 12.2 Å². The number of nitrogens with two attached hydrogens (primary N) is 1. The van der Waals surface area contributed by atoms with Gasteiger partial charge >= 0.3 is 0 Å². The van der Waals surface area contributed by atoms with E-state index in [1.54, 1.807) is 6.33 Å². The average molecular weight is 279 g/mol. The molecule has 1 heterocycles. The molecule has 0 amide bonds. The molecule has 1 unspecified atom stereocenters. The van der Waals surface area contributed by atoms with Crippen molar-refractivity contribution < 1.29 is 0 Å². The molecule has 0 aliphatic heterocycles. The van der Waals surface area contributed by atoms with Crippen LogP contribution < -0.4 is 11.3 Å². The van der Waals surface area contributed by atoms with Gasteiger partial charge in [-0.1, -0.05) is 20.8 Å². The second kappa shape index (κ2) is 6.22. The molecule has 2 rings (SSSR count). The minimum Gasteiger partial charge on any atom is -0.271 e. The molecule has 0 aromatic carbocycles. The quantitative estimate of drug-likeness (QED) is 0.654. The largest absolute Gasteiger partial charge is 0.271 e. The zero-order chi connectivity index (χ0) is 14.8. The van der Waals surface area contributed by atoms with Gasteiger partial charge in [-0.3, -0.25) is 16.0 Å². The van der Waals surface area contributed by atoms with E-state index in [2.05, 4.69) is 36.3 Å². The van der Waals surface area contributed by atoms with Crippen molar-refractivity contribution in [1.29, 1.82) is 0 Å². The number of rotatable bonds is 4. The Kier molecular flexibility index (Phi) is 4.81. The Labute approximate surface area is 122 Å². The lowest BCUT2D eigenvalue weighted by atomic mass is 9.68. The first-order valence-corrected chi connectivity index (χ1v) is 7.70. The maximum absolute atomic E-state index is 5.78. The lowest BCUT2D eigenvalue weighted by Gasteiger charge is -2.39. The number of nitrogens with zero attached hydrogens (tertiary/aromatic N) is 3. The van der Waals surface area contributed by atoms with Gasteiger partial charge in [0.25, 0.3) is 0 Å². The second-order valence-electron chi connectivity index (χ2n) is 7.25. The van der Waals surface area contributed by atoms with E-state index >= 15 is 0 Å². The molecule has 1 aromatic heterocycles. The summed E-state index contributed by atoms with van der Waals surface area (Å²) >= 11 is 0. The van der Waals surface area contributed by atoms with Gasteiger partial charge in [0.15, 0.2) is 0 Å². The fourth-order valence-electron chi connectivity index (χ4n) is 3.45. The molecule has 0 radical (unpaired) electrons. The summed E-state index contributed by atoms with van der Waals surface area (Å²) in [6, 6.07) is 0.304. The summed E-state index contributed by atoms with van der Waals surface area (Å²) in [6.45, 7) is 7.07. The fraction of sp³-hybridized carbons (Fsp3) is 0.867. The van der Waals surface area contributed by atoms with Crippen LogP contribution in [0.4, 0.5) is 0 Å². The number of hydrogen-bond acceptors (Lipinski definition) is 4. The van der Waals surface area contributed by atoms with Gasteiger partial charge in [-0.2, -0.15) is 5.10 Å². The van der Waals surface area contributed by atoms with Gasteiger partial charge in [0.05, 0.1) is 0 Å². The summed E-state index contributed by atoms with van der Waals surface area (Å²) in [7, 11) is 1.94. The number of hydrogen-bond donors (Lipinski definition) is 2. The van der Waals surface area contributed by atoms with Gasteiger partial charge in [0, 0.05) is 19.5 Å². The monoisotopic (exact) mass is 279 g/mol. The zero-order valence-electron chi connectivity index (χ0n) is 13.3. The molecule has 0 saturated heterocycles. The number of aryl methyl sites for hydroxylation is 1. The SMILES string of the molecule is Cn1ncnc1CC(NN)C1CCC(C(C)(C)C)CC1.